The van der Waals surface area contributed by atoms with Crippen LogP contribution in [0, 0.1) is 5.82 Å². The van der Waals surface area contributed by atoms with Crippen molar-refractivity contribution < 1.29 is 28.6 Å². The number of aromatic amines is 1. The van der Waals surface area contributed by atoms with E-state index in [1.54, 1.807) is 37.4 Å². The van der Waals surface area contributed by atoms with Crippen LogP contribution < -0.4 is 9.47 Å². The minimum atomic E-state index is -1.09. The van der Waals surface area contributed by atoms with Crippen LogP contribution in [0.2, 0.25) is 0 Å². The van der Waals surface area contributed by atoms with Crippen LogP contribution >= 0.6 is 0 Å². The molecule has 0 spiro atoms. The Hall–Kier alpha value is -4.59. The number of nitrogens with one attached hydrogen (secondary N) is 1. The molecule has 0 saturated carbocycles. The SMILES string of the molecule is COc1cccc(C(O)=C2C(=O)C(=O)N(CCc3c[nH]c4ccc(OC)cc34)[C@H]2c2ccccc2F)c1. The number of methoxy groups -OCH3 is 2. The first kappa shape index (κ1) is 24.1. The number of aliphatic hydroxyl groups is 1. The molecule has 1 amide bonds. The summed E-state index contributed by atoms with van der Waals surface area (Å²) in [6, 6.07) is 17.0. The van der Waals surface area contributed by atoms with Crippen LogP contribution in [-0.2, 0) is 16.0 Å². The largest absolute Gasteiger partial charge is 0.507 e. The first-order valence-corrected chi connectivity index (χ1v) is 11.7. The monoisotopic (exact) mass is 500 g/mol. The molecule has 0 unspecified atom stereocenters. The fourth-order valence-electron chi connectivity index (χ4n) is 4.79. The van der Waals surface area contributed by atoms with Crippen molar-refractivity contribution >= 4 is 28.4 Å². The van der Waals surface area contributed by atoms with Gasteiger partial charge in [0.1, 0.15) is 23.1 Å². The topological polar surface area (TPSA) is 91.9 Å². The van der Waals surface area contributed by atoms with E-state index in [9.17, 15) is 14.7 Å². The molecule has 37 heavy (non-hydrogen) atoms. The lowest BCUT2D eigenvalue weighted by Crippen LogP contribution is -2.32. The number of aliphatic hydroxyl groups excluding tert-OH is 1. The molecule has 2 heterocycles. The predicted molar refractivity (Wildman–Crippen MR) is 137 cm³/mol. The third-order valence-electron chi connectivity index (χ3n) is 6.68. The Kier molecular flexibility index (Phi) is 6.40. The van der Waals surface area contributed by atoms with E-state index >= 15 is 4.39 Å². The molecule has 1 aliphatic rings. The quantitative estimate of drug-likeness (QED) is 0.212. The predicted octanol–water partition coefficient (Wildman–Crippen LogP) is 4.99. The Labute approximate surface area is 212 Å². The molecule has 5 rings (SSSR count). The number of carbonyl (C=O) groups excluding carboxylic acids is 2. The number of hydrogen-bond donors (Lipinski definition) is 2. The molecule has 1 atom stereocenters. The number of H-pyrrole nitrogens is 1. The fourth-order valence-corrected chi connectivity index (χ4v) is 4.79. The third-order valence-corrected chi connectivity index (χ3v) is 6.68. The molecule has 1 aromatic heterocycles. The lowest BCUT2D eigenvalue weighted by atomic mass is 9.94. The van der Waals surface area contributed by atoms with Crippen LogP contribution in [0.25, 0.3) is 16.7 Å². The normalized spacial score (nSPS) is 16.9. The zero-order chi connectivity index (χ0) is 26.1. The Morgan fingerprint density at radius 2 is 1.76 bits per heavy atom. The molecule has 0 radical (unpaired) electrons. The number of hydrogen-bond acceptors (Lipinski definition) is 5. The van der Waals surface area contributed by atoms with E-state index in [1.165, 1.54) is 30.2 Å². The summed E-state index contributed by atoms with van der Waals surface area (Å²) in [4.78, 5) is 31.0. The summed E-state index contributed by atoms with van der Waals surface area (Å²) >= 11 is 0. The smallest absolute Gasteiger partial charge is 0.295 e. The number of amides is 1. The van der Waals surface area contributed by atoms with Gasteiger partial charge in [-0.1, -0.05) is 30.3 Å². The summed E-state index contributed by atoms with van der Waals surface area (Å²) in [5.41, 5.74) is 2.08. The van der Waals surface area contributed by atoms with Crippen molar-refractivity contribution in [3.05, 3.63) is 101 Å². The highest BCUT2D eigenvalue weighted by atomic mass is 19.1. The zero-order valence-corrected chi connectivity index (χ0v) is 20.3. The van der Waals surface area contributed by atoms with Crippen molar-refractivity contribution in [3.8, 4) is 11.5 Å². The summed E-state index contributed by atoms with van der Waals surface area (Å²) in [5.74, 6) is -1.46. The van der Waals surface area contributed by atoms with Crippen LogP contribution in [-0.4, -0.2) is 47.4 Å². The molecule has 7 nitrogen and oxygen atoms in total. The Morgan fingerprint density at radius 3 is 2.51 bits per heavy atom. The molecule has 0 bridgehead atoms. The van der Waals surface area contributed by atoms with E-state index < -0.39 is 23.5 Å². The Morgan fingerprint density at radius 1 is 1.00 bits per heavy atom. The second-order valence-corrected chi connectivity index (χ2v) is 8.72. The molecule has 2 N–H and O–H groups in total. The minimum absolute atomic E-state index is 0.128. The highest BCUT2D eigenvalue weighted by Crippen LogP contribution is 2.41. The van der Waals surface area contributed by atoms with E-state index in [0.717, 1.165) is 16.5 Å². The average molecular weight is 501 g/mol. The first-order chi connectivity index (χ1) is 17.9. The molecule has 1 fully saturated rings. The standard InChI is InChI=1S/C29H25FN2O5/c1-36-19-7-5-6-17(14-19)27(33)25-26(21-8-3-4-9-23(21)30)32(29(35)28(25)34)13-12-18-16-31-24-11-10-20(37-2)15-22(18)24/h3-11,14-16,26,31,33H,12-13H2,1-2H3/t26-/m0/s1. The number of ether oxygens (including phenoxy) is 2. The molecule has 1 aliphatic heterocycles. The number of benzene rings is 3. The first-order valence-electron chi connectivity index (χ1n) is 11.7. The van der Waals surface area contributed by atoms with Crippen molar-refractivity contribution in [2.24, 2.45) is 0 Å². The van der Waals surface area contributed by atoms with Gasteiger partial charge in [0.2, 0.25) is 0 Å². The van der Waals surface area contributed by atoms with Crippen molar-refractivity contribution in [2.75, 3.05) is 20.8 Å². The molecule has 3 aromatic carbocycles. The summed E-state index contributed by atoms with van der Waals surface area (Å²) in [6.07, 6.45) is 2.24. The van der Waals surface area contributed by atoms with Crippen LogP contribution in [0.3, 0.4) is 0 Å². The molecule has 8 heteroatoms. The zero-order valence-electron chi connectivity index (χ0n) is 20.3. The van der Waals surface area contributed by atoms with Gasteiger partial charge in [-0.3, -0.25) is 9.59 Å². The van der Waals surface area contributed by atoms with Crippen LogP contribution in [0.5, 0.6) is 11.5 Å². The second kappa shape index (κ2) is 9.81. The lowest BCUT2D eigenvalue weighted by molar-refractivity contribution is -0.139. The highest BCUT2D eigenvalue weighted by molar-refractivity contribution is 6.46. The minimum Gasteiger partial charge on any atom is -0.507 e. The maximum Gasteiger partial charge on any atom is 0.295 e. The van der Waals surface area contributed by atoms with Gasteiger partial charge >= 0.3 is 0 Å². The van der Waals surface area contributed by atoms with Gasteiger partial charge in [-0.15, -0.1) is 0 Å². The summed E-state index contributed by atoms with van der Waals surface area (Å²) in [7, 11) is 3.07. The molecule has 1 saturated heterocycles. The van der Waals surface area contributed by atoms with E-state index in [2.05, 4.69) is 4.98 Å². The van der Waals surface area contributed by atoms with E-state index in [1.807, 2.05) is 24.4 Å². The molecule has 188 valence electrons. The van der Waals surface area contributed by atoms with Gasteiger partial charge in [0, 0.05) is 34.8 Å². The van der Waals surface area contributed by atoms with Crippen LogP contribution in [0.1, 0.15) is 22.7 Å². The lowest BCUT2D eigenvalue weighted by Gasteiger charge is -2.25. The van der Waals surface area contributed by atoms with Crippen molar-refractivity contribution in [1.29, 1.82) is 0 Å². The second-order valence-electron chi connectivity index (χ2n) is 8.72. The molecule has 0 aliphatic carbocycles. The average Bonchev–Trinajstić information content (AvgIpc) is 3.44. The number of ketones is 1. The van der Waals surface area contributed by atoms with E-state index in [-0.39, 0.29) is 23.4 Å². The Balaban J connectivity index is 1.57. The van der Waals surface area contributed by atoms with Gasteiger partial charge in [0.05, 0.1) is 25.8 Å². The number of halogens is 1. The van der Waals surface area contributed by atoms with Crippen molar-refractivity contribution in [2.45, 2.75) is 12.5 Å². The van der Waals surface area contributed by atoms with Crippen LogP contribution in [0.15, 0.2) is 78.5 Å². The summed E-state index contributed by atoms with van der Waals surface area (Å²) in [6.45, 7) is 0.128. The van der Waals surface area contributed by atoms with Gasteiger partial charge in [-0.25, -0.2) is 4.39 Å². The summed E-state index contributed by atoms with van der Waals surface area (Å²) < 4.78 is 25.6. The van der Waals surface area contributed by atoms with Crippen LogP contribution in [0.4, 0.5) is 4.39 Å². The number of carbonyl (C=O) groups is 2. The maximum absolute atomic E-state index is 15.0. The third kappa shape index (κ3) is 4.31. The number of nitrogens with zero attached hydrogens (tertiary/aromatic N) is 1. The number of fused-ring (bicyclic) bond motifs is 1. The van der Waals surface area contributed by atoms with Gasteiger partial charge in [0.15, 0.2) is 0 Å². The number of aromatic nitrogens is 1. The van der Waals surface area contributed by atoms with Gasteiger partial charge < -0.3 is 24.5 Å². The molecular weight excluding hydrogens is 475 g/mol. The van der Waals surface area contributed by atoms with E-state index in [0.29, 0.717) is 23.5 Å². The highest BCUT2D eigenvalue weighted by Gasteiger charge is 2.46. The van der Waals surface area contributed by atoms with Crippen molar-refractivity contribution in [3.63, 3.8) is 0 Å². The van der Waals surface area contributed by atoms with Gasteiger partial charge in [0.25, 0.3) is 11.7 Å². The number of rotatable bonds is 7. The van der Waals surface area contributed by atoms with Gasteiger partial charge in [-0.2, -0.15) is 0 Å². The molecule has 4 aromatic rings. The number of Topliss-reactive ketones (excluding diaryl/α,β-unsaturated/α-hetero) is 1. The van der Waals surface area contributed by atoms with Gasteiger partial charge in [-0.05, 0) is 48.4 Å². The maximum atomic E-state index is 15.0. The fraction of sp³-hybridized carbons (Fsp3) is 0.172. The molecular formula is C29H25FN2O5. The number of likely N-dealkylation sites (tertiary alicyclic amines) is 1. The summed E-state index contributed by atoms with van der Waals surface area (Å²) in [5, 5.41) is 12.1. The van der Waals surface area contributed by atoms with Crippen molar-refractivity contribution in [1.82, 2.24) is 9.88 Å². The van der Waals surface area contributed by atoms with E-state index in [4.69, 9.17) is 9.47 Å². The Bertz CT molecular complexity index is 1540.